The molecule has 0 saturated carbocycles. The van der Waals surface area contributed by atoms with Gasteiger partial charge in [-0.1, -0.05) is 24.3 Å². The molecule has 1 saturated heterocycles. The van der Waals surface area contributed by atoms with Crippen LogP contribution in [0, 0.1) is 0 Å². The topological polar surface area (TPSA) is 34.2 Å². The second-order valence-corrected chi connectivity index (χ2v) is 4.93. The van der Waals surface area contributed by atoms with Crippen LogP contribution in [0.15, 0.2) is 36.5 Å². The number of rotatable bonds is 2. The van der Waals surface area contributed by atoms with Crippen LogP contribution in [0.25, 0.3) is 10.8 Å². The van der Waals surface area contributed by atoms with Crippen LogP contribution in [0.4, 0.5) is 5.82 Å². The highest BCUT2D eigenvalue weighted by Gasteiger charge is 2.19. The van der Waals surface area contributed by atoms with Gasteiger partial charge in [-0.2, -0.15) is 0 Å². The zero-order valence-corrected chi connectivity index (χ0v) is 10.6. The van der Waals surface area contributed by atoms with E-state index in [0.29, 0.717) is 12.1 Å². The van der Waals surface area contributed by atoms with Gasteiger partial charge in [0.15, 0.2) is 0 Å². The predicted molar refractivity (Wildman–Crippen MR) is 73.8 cm³/mol. The molecule has 2 aromatic rings. The van der Waals surface area contributed by atoms with Crippen molar-refractivity contribution in [1.82, 2.24) is 4.98 Å². The van der Waals surface area contributed by atoms with E-state index in [1.807, 2.05) is 12.3 Å². The van der Waals surface area contributed by atoms with Crippen molar-refractivity contribution < 1.29 is 4.74 Å². The standard InChI is InChI=1S/C15H18N2O/c1-11-10-13(7-9-18-11)17-15-14-5-3-2-4-12(14)6-8-16-15/h2-6,8,11,13H,7,9-10H2,1H3,(H,16,17). The van der Waals surface area contributed by atoms with Gasteiger partial charge in [0.1, 0.15) is 5.82 Å². The van der Waals surface area contributed by atoms with Crippen LogP contribution in [0.3, 0.4) is 0 Å². The molecular weight excluding hydrogens is 224 g/mol. The van der Waals surface area contributed by atoms with E-state index in [-0.39, 0.29) is 0 Å². The lowest BCUT2D eigenvalue weighted by molar-refractivity contribution is 0.0232. The Labute approximate surface area is 107 Å². The lowest BCUT2D eigenvalue weighted by Gasteiger charge is -2.28. The monoisotopic (exact) mass is 242 g/mol. The molecule has 1 aliphatic heterocycles. The maximum atomic E-state index is 5.57. The molecule has 0 amide bonds. The van der Waals surface area contributed by atoms with E-state index in [4.69, 9.17) is 4.74 Å². The zero-order valence-electron chi connectivity index (χ0n) is 10.6. The molecule has 0 bridgehead atoms. The number of anilines is 1. The van der Waals surface area contributed by atoms with E-state index in [1.165, 1.54) is 10.8 Å². The van der Waals surface area contributed by atoms with Crippen LogP contribution in [0.1, 0.15) is 19.8 Å². The molecule has 0 aliphatic carbocycles. The van der Waals surface area contributed by atoms with Gasteiger partial charge in [0, 0.05) is 24.2 Å². The average Bonchev–Trinajstić information content (AvgIpc) is 2.39. The Hall–Kier alpha value is -1.61. The van der Waals surface area contributed by atoms with Crippen LogP contribution in [-0.4, -0.2) is 23.7 Å². The lowest BCUT2D eigenvalue weighted by Crippen LogP contribution is -2.32. The molecule has 1 fully saturated rings. The summed E-state index contributed by atoms with van der Waals surface area (Å²) in [6.45, 7) is 2.97. The highest BCUT2D eigenvalue weighted by molar-refractivity contribution is 5.91. The summed E-state index contributed by atoms with van der Waals surface area (Å²) >= 11 is 0. The third-order valence-electron chi connectivity index (χ3n) is 3.50. The summed E-state index contributed by atoms with van der Waals surface area (Å²) in [5, 5.41) is 5.99. The Bertz CT molecular complexity index is 536. The van der Waals surface area contributed by atoms with Crippen LogP contribution >= 0.6 is 0 Å². The number of benzene rings is 1. The summed E-state index contributed by atoms with van der Waals surface area (Å²) in [5.74, 6) is 0.993. The minimum Gasteiger partial charge on any atom is -0.378 e. The van der Waals surface area contributed by atoms with Crippen LogP contribution in [-0.2, 0) is 4.74 Å². The maximum Gasteiger partial charge on any atom is 0.134 e. The third kappa shape index (κ3) is 2.31. The molecule has 2 unspecified atom stereocenters. The summed E-state index contributed by atoms with van der Waals surface area (Å²) in [6.07, 6.45) is 4.30. The van der Waals surface area contributed by atoms with Crippen LogP contribution in [0.5, 0.6) is 0 Å². The molecule has 3 heteroatoms. The third-order valence-corrected chi connectivity index (χ3v) is 3.50. The number of nitrogens with zero attached hydrogens (tertiary/aromatic N) is 1. The number of pyridine rings is 1. The van der Waals surface area contributed by atoms with Crippen molar-refractivity contribution in [3.8, 4) is 0 Å². The summed E-state index contributed by atoms with van der Waals surface area (Å²) < 4.78 is 5.57. The molecule has 3 rings (SSSR count). The van der Waals surface area contributed by atoms with Gasteiger partial charge in [0.2, 0.25) is 0 Å². The summed E-state index contributed by atoms with van der Waals surface area (Å²) in [4.78, 5) is 4.47. The Morgan fingerprint density at radius 3 is 3.06 bits per heavy atom. The average molecular weight is 242 g/mol. The second kappa shape index (κ2) is 4.94. The molecule has 0 radical (unpaired) electrons. The quantitative estimate of drug-likeness (QED) is 0.878. The van der Waals surface area contributed by atoms with Crippen LogP contribution < -0.4 is 5.32 Å². The molecule has 0 spiro atoms. The van der Waals surface area contributed by atoms with Crippen molar-refractivity contribution >= 4 is 16.6 Å². The number of nitrogens with one attached hydrogen (secondary N) is 1. The molecule has 1 aliphatic rings. The minimum absolute atomic E-state index is 0.339. The minimum atomic E-state index is 0.339. The molecule has 3 nitrogen and oxygen atoms in total. The molecule has 1 aromatic carbocycles. The lowest BCUT2D eigenvalue weighted by atomic mass is 10.0. The van der Waals surface area contributed by atoms with E-state index in [0.717, 1.165) is 25.3 Å². The first-order valence-corrected chi connectivity index (χ1v) is 6.55. The summed E-state index contributed by atoms with van der Waals surface area (Å²) in [7, 11) is 0. The van der Waals surface area contributed by atoms with Crippen LogP contribution in [0.2, 0.25) is 0 Å². The molecule has 94 valence electrons. The van der Waals surface area contributed by atoms with E-state index < -0.39 is 0 Å². The van der Waals surface area contributed by atoms with Crippen molar-refractivity contribution in [3.05, 3.63) is 36.5 Å². The van der Waals surface area contributed by atoms with Crippen molar-refractivity contribution in [2.45, 2.75) is 31.9 Å². The van der Waals surface area contributed by atoms with Crippen molar-refractivity contribution in [2.75, 3.05) is 11.9 Å². The fourth-order valence-corrected chi connectivity index (χ4v) is 2.56. The van der Waals surface area contributed by atoms with E-state index in [9.17, 15) is 0 Å². The van der Waals surface area contributed by atoms with Crippen molar-refractivity contribution in [1.29, 1.82) is 0 Å². The SMILES string of the molecule is CC1CC(Nc2nccc3ccccc23)CCO1. The van der Waals surface area contributed by atoms with Gasteiger partial charge >= 0.3 is 0 Å². The largest absolute Gasteiger partial charge is 0.378 e. The predicted octanol–water partition coefficient (Wildman–Crippen LogP) is 3.21. The first kappa shape index (κ1) is 11.5. The Kier molecular flexibility index (Phi) is 3.15. The Morgan fingerprint density at radius 2 is 2.17 bits per heavy atom. The van der Waals surface area contributed by atoms with E-state index in [1.54, 1.807) is 0 Å². The number of hydrogen-bond acceptors (Lipinski definition) is 3. The first-order chi connectivity index (χ1) is 8.83. The first-order valence-electron chi connectivity index (χ1n) is 6.55. The second-order valence-electron chi connectivity index (χ2n) is 4.93. The molecule has 18 heavy (non-hydrogen) atoms. The van der Waals surface area contributed by atoms with Gasteiger partial charge in [-0.3, -0.25) is 0 Å². The number of ether oxygens (including phenoxy) is 1. The highest BCUT2D eigenvalue weighted by atomic mass is 16.5. The Morgan fingerprint density at radius 1 is 1.28 bits per heavy atom. The zero-order chi connectivity index (χ0) is 12.4. The van der Waals surface area contributed by atoms with Gasteiger partial charge in [0.25, 0.3) is 0 Å². The molecule has 1 aromatic heterocycles. The van der Waals surface area contributed by atoms with Gasteiger partial charge in [-0.25, -0.2) is 4.98 Å². The smallest absolute Gasteiger partial charge is 0.134 e. The fraction of sp³-hybridized carbons (Fsp3) is 0.400. The summed E-state index contributed by atoms with van der Waals surface area (Å²) in [6, 6.07) is 10.9. The fourth-order valence-electron chi connectivity index (χ4n) is 2.56. The highest BCUT2D eigenvalue weighted by Crippen LogP contribution is 2.24. The van der Waals surface area contributed by atoms with Gasteiger partial charge in [-0.05, 0) is 31.2 Å². The maximum absolute atomic E-state index is 5.57. The number of aromatic nitrogens is 1. The molecular formula is C15H18N2O. The molecule has 1 N–H and O–H groups in total. The van der Waals surface area contributed by atoms with Crippen molar-refractivity contribution in [2.24, 2.45) is 0 Å². The van der Waals surface area contributed by atoms with E-state index in [2.05, 4.69) is 41.5 Å². The number of fused-ring (bicyclic) bond motifs is 1. The number of hydrogen-bond donors (Lipinski definition) is 1. The van der Waals surface area contributed by atoms with Crippen molar-refractivity contribution in [3.63, 3.8) is 0 Å². The molecule has 2 atom stereocenters. The van der Waals surface area contributed by atoms with Gasteiger partial charge < -0.3 is 10.1 Å². The van der Waals surface area contributed by atoms with Gasteiger partial charge in [0.05, 0.1) is 6.10 Å². The Balaban J connectivity index is 1.86. The van der Waals surface area contributed by atoms with E-state index >= 15 is 0 Å². The summed E-state index contributed by atoms with van der Waals surface area (Å²) in [5.41, 5.74) is 0. The van der Waals surface area contributed by atoms with Gasteiger partial charge in [-0.15, -0.1) is 0 Å². The molecule has 2 heterocycles. The normalized spacial score (nSPS) is 24.1.